The van der Waals surface area contributed by atoms with Gasteiger partial charge in [-0.3, -0.25) is 9.59 Å². The Hall–Kier alpha value is -2.15. The topological polar surface area (TPSA) is 81.1 Å². The molecule has 2 fully saturated rings. The van der Waals surface area contributed by atoms with Gasteiger partial charge in [0.2, 0.25) is 5.91 Å². The van der Waals surface area contributed by atoms with Crippen molar-refractivity contribution in [3.05, 3.63) is 29.6 Å². The van der Waals surface area contributed by atoms with Gasteiger partial charge in [-0.25, -0.2) is 4.39 Å². The van der Waals surface area contributed by atoms with Crippen LogP contribution in [-0.4, -0.2) is 63.6 Å². The summed E-state index contributed by atoms with van der Waals surface area (Å²) in [5.74, 6) is -1.67. The summed E-state index contributed by atoms with van der Waals surface area (Å²) in [5, 5.41) is 20.6. The van der Waals surface area contributed by atoms with Crippen LogP contribution < -0.4 is 0 Å². The molecule has 2 heterocycles. The molecule has 2 aliphatic rings. The lowest BCUT2D eigenvalue weighted by Crippen LogP contribution is -2.61. The molecule has 1 aromatic rings. The van der Waals surface area contributed by atoms with Gasteiger partial charge in [0.25, 0.3) is 5.91 Å². The van der Waals surface area contributed by atoms with Gasteiger partial charge in [0, 0.05) is 45.1 Å². The van der Waals surface area contributed by atoms with E-state index in [0.29, 0.717) is 39.0 Å². The van der Waals surface area contributed by atoms with Gasteiger partial charge in [0.05, 0.1) is 11.2 Å². The minimum absolute atomic E-state index is 0.0427. The first-order valence-electron chi connectivity index (χ1n) is 8.06. The third-order valence-electron chi connectivity index (χ3n) is 5.19. The van der Waals surface area contributed by atoms with E-state index in [0.717, 1.165) is 12.1 Å². The number of aromatic hydroxyl groups is 1. The molecule has 0 spiro atoms. The van der Waals surface area contributed by atoms with Gasteiger partial charge in [0.15, 0.2) is 0 Å². The fourth-order valence-electron chi connectivity index (χ4n) is 3.63. The van der Waals surface area contributed by atoms with Gasteiger partial charge in [0.1, 0.15) is 11.6 Å². The Kier molecular flexibility index (Phi) is 4.21. The second-order valence-corrected chi connectivity index (χ2v) is 6.68. The molecule has 0 radical (unpaired) electrons. The highest BCUT2D eigenvalue weighted by molar-refractivity contribution is 5.96. The van der Waals surface area contributed by atoms with Crippen LogP contribution in [0.15, 0.2) is 18.2 Å². The Morgan fingerprint density at radius 2 is 1.83 bits per heavy atom. The smallest absolute Gasteiger partial charge is 0.257 e. The van der Waals surface area contributed by atoms with Crippen molar-refractivity contribution < 1.29 is 24.2 Å². The molecule has 0 aromatic heterocycles. The highest BCUT2D eigenvalue weighted by Gasteiger charge is 2.46. The van der Waals surface area contributed by atoms with Crippen molar-refractivity contribution in [2.24, 2.45) is 5.92 Å². The Bertz CT molecular complexity index is 681. The zero-order valence-corrected chi connectivity index (χ0v) is 13.5. The first-order valence-corrected chi connectivity index (χ1v) is 8.06. The highest BCUT2D eigenvalue weighted by atomic mass is 19.1. The number of nitrogens with zero attached hydrogens (tertiary/aromatic N) is 2. The normalized spacial score (nSPS) is 26.9. The van der Waals surface area contributed by atoms with Crippen LogP contribution in [0.2, 0.25) is 0 Å². The third kappa shape index (κ3) is 2.96. The van der Waals surface area contributed by atoms with Crippen molar-refractivity contribution in [1.29, 1.82) is 0 Å². The minimum atomic E-state index is -0.867. The Labute approximate surface area is 139 Å². The predicted molar refractivity (Wildman–Crippen MR) is 83.9 cm³/mol. The summed E-state index contributed by atoms with van der Waals surface area (Å²) in [4.78, 5) is 27.4. The highest BCUT2D eigenvalue weighted by Crippen LogP contribution is 2.36. The van der Waals surface area contributed by atoms with Gasteiger partial charge < -0.3 is 20.0 Å². The van der Waals surface area contributed by atoms with Crippen LogP contribution in [0, 0.1) is 11.7 Å². The van der Waals surface area contributed by atoms with Gasteiger partial charge >= 0.3 is 0 Å². The van der Waals surface area contributed by atoms with E-state index in [4.69, 9.17) is 0 Å². The maximum Gasteiger partial charge on any atom is 0.257 e. The number of rotatable bonds is 1. The summed E-state index contributed by atoms with van der Waals surface area (Å²) < 4.78 is 13.1. The van der Waals surface area contributed by atoms with Crippen LogP contribution in [-0.2, 0) is 4.79 Å². The quantitative estimate of drug-likeness (QED) is 0.801. The van der Waals surface area contributed by atoms with Gasteiger partial charge in [-0.1, -0.05) is 0 Å². The molecule has 7 heteroatoms. The molecule has 0 aliphatic carbocycles. The SMILES string of the molecule is CC(=O)N1CC[C@@]2(O)CCN(C(=O)c3ccc(F)cc3O)C[C@H]2C1. The number of aliphatic hydroxyl groups is 1. The number of piperidine rings is 2. The first kappa shape index (κ1) is 16.7. The molecule has 2 aliphatic heterocycles. The first-order chi connectivity index (χ1) is 11.3. The van der Waals surface area contributed by atoms with Crippen LogP contribution >= 0.6 is 0 Å². The molecule has 0 unspecified atom stereocenters. The largest absolute Gasteiger partial charge is 0.507 e. The summed E-state index contributed by atoms with van der Waals surface area (Å²) >= 11 is 0. The van der Waals surface area contributed by atoms with Crippen LogP contribution in [0.25, 0.3) is 0 Å². The molecule has 1 aromatic carbocycles. The average Bonchev–Trinajstić information content (AvgIpc) is 2.53. The van der Waals surface area contributed by atoms with Crippen molar-refractivity contribution in [2.75, 3.05) is 26.2 Å². The number of likely N-dealkylation sites (tertiary alicyclic amines) is 2. The standard InChI is InChI=1S/C17H21FN2O4/c1-11(21)19-6-4-17(24)5-7-20(10-12(17)9-19)16(23)14-3-2-13(18)8-15(14)22/h2-3,8,12,22,24H,4-7,9-10H2,1H3/t12-,17-/m1/s1. The maximum atomic E-state index is 13.1. The molecule has 2 atom stereocenters. The van der Waals surface area contributed by atoms with E-state index in [9.17, 15) is 24.2 Å². The number of hydrogen-bond acceptors (Lipinski definition) is 4. The van der Waals surface area contributed by atoms with Crippen LogP contribution in [0.4, 0.5) is 4.39 Å². The number of halogens is 1. The van der Waals surface area contributed by atoms with E-state index < -0.39 is 23.1 Å². The summed E-state index contributed by atoms with van der Waals surface area (Å²) in [6.45, 7) is 3.09. The zero-order valence-electron chi connectivity index (χ0n) is 13.5. The van der Waals surface area contributed by atoms with E-state index in [-0.39, 0.29) is 17.4 Å². The van der Waals surface area contributed by atoms with Crippen molar-refractivity contribution in [3.63, 3.8) is 0 Å². The minimum Gasteiger partial charge on any atom is -0.507 e. The maximum absolute atomic E-state index is 13.1. The summed E-state index contributed by atoms with van der Waals surface area (Å²) in [7, 11) is 0. The molecule has 6 nitrogen and oxygen atoms in total. The average molecular weight is 336 g/mol. The zero-order chi connectivity index (χ0) is 17.5. The number of phenolic OH excluding ortho intramolecular Hbond substituents is 1. The Balaban J connectivity index is 1.77. The molecule has 24 heavy (non-hydrogen) atoms. The van der Waals surface area contributed by atoms with E-state index >= 15 is 0 Å². The summed E-state index contributed by atoms with van der Waals surface area (Å²) in [6.07, 6.45) is 0.929. The number of carbonyl (C=O) groups is 2. The number of benzene rings is 1. The number of phenols is 1. The van der Waals surface area contributed by atoms with Crippen molar-refractivity contribution in [1.82, 2.24) is 9.80 Å². The van der Waals surface area contributed by atoms with Gasteiger partial charge in [-0.2, -0.15) is 0 Å². The molecule has 0 saturated carbocycles. The molecule has 2 amide bonds. The lowest BCUT2D eigenvalue weighted by molar-refractivity contribution is -0.143. The van der Waals surface area contributed by atoms with Gasteiger partial charge in [-0.05, 0) is 25.0 Å². The fraction of sp³-hybridized carbons (Fsp3) is 0.529. The predicted octanol–water partition coefficient (Wildman–Crippen LogP) is 0.977. The number of carbonyl (C=O) groups excluding carboxylic acids is 2. The lowest BCUT2D eigenvalue weighted by atomic mass is 9.75. The number of fused-ring (bicyclic) bond motifs is 1. The van der Waals surface area contributed by atoms with E-state index in [1.807, 2.05) is 0 Å². The Morgan fingerprint density at radius 3 is 2.46 bits per heavy atom. The molecule has 130 valence electrons. The van der Waals surface area contributed by atoms with E-state index in [1.165, 1.54) is 13.0 Å². The summed E-state index contributed by atoms with van der Waals surface area (Å²) in [5.41, 5.74) is -0.825. The molecule has 0 bridgehead atoms. The monoisotopic (exact) mass is 336 g/mol. The van der Waals surface area contributed by atoms with Crippen LogP contribution in [0.3, 0.4) is 0 Å². The molecular weight excluding hydrogens is 315 g/mol. The Morgan fingerprint density at radius 1 is 1.21 bits per heavy atom. The fourth-order valence-corrected chi connectivity index (χ4v) is 3.63. The number of amides is 2. The second kappa shape index (κ2) is 6.05. The molecule has 3 rings (SSSR count). The van der Waals surface area contributed by atoms with E-state index in [2.05, 4.69) is 0 Å². The van der Waals surface area contributed by atoms with E-state index in [1.54, 1.807) is 9.80 Å². The third-order valence-corrected chi connectivity index (χ3v) is 5.19. The van der Waals surface area contributed by atoms with Crippen molar-refractivity contribution in [2.45, 2.75) is 25.4 Å². The summed E-state index contributed by atoms with van der Waals surface area (Å²) in [6, 6.07) is 3.30. The van der Waals surface area contributed by atoms with Crippen LogP contribution in [0.5, 0.6) is 5.75 Å². The molecule has 2 saturated heterocycles. The van der Waals surface area contributed by atoms with Crippen molar-refractivity contribution >= 4 is 11.8 Å². The second-order valence-electron chi connectivity index (χ2n) is 6.68. The van der Waals surface area contributed by atoms with Crippen LogP contribution in [0.1, 0.15) is 30.1 Å². The molecule has 2 N–H and O–H groups in total. The number of hydrogen-bond donors (Lipinski definition) is 2. The lowest BCUT2D eigenvalue weighted by Gasteiger charge is -2.50. The molecular formula is C17H21FN2O4. The van der Waals surface area contributed by atoms with Gasteiger partial charge in [-0.15, -0.1) is 0 Å². The van der Waals surface area contributed by atoms with Crippen molar-refractivity contribution in [3.8, 4) is 5.75 Å².